The predicted octanol–water partition coefficient (Wildman–Crippen LogP) is 4.44. The Balaban J connectivity index is 2.49. The molecule has 0 aromatic heterocycles. The van der Waals surface area contributed by atoms with Crippen LogP contribution in [-0.4, -0.2) is 22.1 Å². The maximum absolute atomic E-state index is 2.58. The molecule has 2 aliphatic rings. The van der Waals surface area contributed by atoms with E-state index in [1.54, 1.807) is 0 Å². The fourth-order valence-electron chi connectivity index (χ4n) is 4.88. The fourth-order valence-corrected chi connectivity index (χ4v) is 12.9. The van der Waals surface area contributed by atoms with Gasteiger partial charge in [0, 0.05) is 0 Å². The topological polar surface area (TPSA) is 0 Å². The fraction of sp³-hybridized carbons (Fsp3) is 0.857. The van der Waals surface area contributed by atoms with Crippen LogP contribution in [0, 0.1) is 0 Å². The van der Waals surface area contributed by atoms with Crippen LogP contribution in [0.1, 0.15) is 53.9 Å². The average Bonchev–Trinajstić information content (AvgIpc) is 2.43. The molecule has 1 saturated heterocycles. The molecule has 2 rings (SSSR count). The minimum atomic E-state index is -1.19. The van der Waals surface area contributed by atoms with Gasteiger partial charge in [-0.15, -0.1) is 0 Å². The van der Waals surface area contributed by atoms with Gasteiger partial charge in [0.1, 0.15) is 0 Å². The van der Waals surface area contributed by atoms with Gasteiger partial charge in [0.25, 0.3) is 0 Å². The second-order valence-corrected chi connectivity index (χ2v) is 13.0. The molecule has 0 radical (unpaired) electrons. The summed E-state index contributed by atoms with van der Waals surface area (Å²) < 4.78 is 0. The Kier molecular flexibility index (Phi) is 2.59. The molecule has 2 unspecified atom stereocenters. The molecule has 2 heterocycles. The van der Waals surface area contributed by atoms with Crippen molar-refractivity contribution in [3.63, 3.8) is 0 Å². The number of allylic oxidation sites excluding steroid dienone is 2. The maximum atomic E-state index is 2.58. The molecule has 1 heteroatoms. The van der Waals surface area contributed by atoms with Crippen LogP contribution >= 0.6 is 7.26 Å². The Bertz CT molecular complexity index is 286. The van der Waals surface area contributed by atoms with Gasteiger partial charge in [-0.1, -0.05) is 0 Å². The molecule has 0 aliphatic carbocycles. The van der Waals surface area contributed by atoms with Crippen LogP contribution in [0.3, 0.4) is 0 Å². The van der Waals surface area contributed by atoms with Gasteiger partial charge in [-0.05, 0) is 0 Å². The van der Waals surface area contributed by atoms with Gasteiger partial charge in [-0.3, -0.25) is 0 Å². The van der Waals surface area contributed by atoms with E-state index in [0.29, 0.717) is 10.3 Å². The Morgan fingerprint density at radius 2 is 2.00 bits per heavy atom. The quantitative estimate of drug-likeness (QED) is 0.423. The third-order valence-electron chi connectivity index (χ3n) is 5.46. The van der Waals surface area contributed by atoms with Crippen molar-refractivity contribution >= 4 is 7.26 Å². The Hall–Kier alpha value is 0.170. The van der Waals surface area contributed by atoms with E-state index in [2.05, 4.69) is 46.8 Å². The average molecular weight is 226 g/mol. The third-order valence-corrected chi connectivity index (χ3v) is 13.4. The summed E-state index contributed by atoms with van der Waals surface area (Å²) in [5.41, 5.74) is 1.01. The Labute approximate surface area is 95.9 Å². The van der Waals surface area contributed by atoms with Crippen LogP contribution in [-0.2, 0) is 0 Å². The number of hydrogen-bond acceptors (Lipinski definition) is 0. The molecule has 2 aliphatic heterocycles. The van der Waals surface area contributed by atoms with Gasteiger partial charge >= 0.3 is 95.4 Å². The van der Waals surface area contributed by atoms with Crippen molar-refractivity contribution in [2.45, 2.75) is 69.9 Å². The number of hydrogen-bond donors (Lipinski definition) is 0. The van der Waals surface area contributed by atoms with E-state index in [1.165, 1.54) is 25.4 Å². The summed E-state index contributed by atoms with van der Waals surface area (Å²) in [6, 6.07) is 0. The molecule has 0 nitrogen and oxygen atoms in total. The van der Waals surface area contributed by atoms with Crippen molar-refractivity contribution in [2.75, 3.05) is 6.16 Å². The first-order chi connectivity index (χ1) is 6.83. The van der Waals surface area contributed by atoms with E-state index in [0.717, 1.165) is 5.66 Å². The second kappa shape index (κ2) is 3.33. The van der Waals surface area contributed by atoms with Gasteiger partial charge in [0.05, 0.1) is 0 Å². The molecular formula is C14H27P. The second-order valence-electron chi connectivity index (χ2n) is 7.04. The number of rotatable bonds is 0. The Morgan fingerprint density at radius 3 is 2.53 bits per heavy atom. The first-order valence-corrected chi connectivity index (χ1v) is 8.80. The van der Waals surface area contributed by atoms with Gasteiger partial charge in [-0.2, -0.15) is 0 Å². The first kappa shape index (κ1) is 11.6. The first-order valence-electron chi connectivity index (χ1n) is 6.51. The minimum absolute atomic E-state index is 0.561. The zero-order chi connectivity index (χ0) is 11.3. The monoisotopic (exact) mass is 226 g/mol. The molecule has 88 valence electrons. The van der Waals surface area contributed by atoms with E-state index < -0.39 is 7.26 Å². The molecule has 1 fully saturated rings. The molecular weight excluding hydrogens is 199 g/mol. The molecule has 0 amide bonds. The normalized spacial score (nSPS) is 41.3. The zero-order valence-electron chi connectivity index (χ0n) is 11.1. The van der Waals surface area contributed by atoms with Crippen molar-refractivity contribution in [2.24, 2.45) is 0 Å². The summed E-state index contributed by atoms with van der Waals surface area (Å²) in [5, 5.41) is 1.16. The third kappa shape index (κ3) is 1.37. The summed E-state index contributed by atoms with van der Waals surface area (Å²) in [7, 11) is -1.19. The van der Waals surface area contributed by atoms with E-state index in [-0.39, 0.29) is 0 Å². The van der Waals surface area contributed by atoms with Crippen LogP contribution < -0.4 is 0 Å². The van der Waals surface area contributed by atoms with Crippen molar-refractivity contribution in [1.29, 1.82) is 0 Å². The summed E-state index contributed by atoms with van der Waals surface area (Å²) in [5.74, 6) is 0. The van der Waals surface area contributed by atoms with Crippen LogP contribution in [0.25, 0.3) is 0 Å². The summed E-state index contributed by atoms with van der Waals surface area (Å²) in [6.07, 6.45) is 10.9. The standard InChI is InChI=1S/C14H27P/c1-12-8-6-9-14(5)10-7-11-15(12,14)13(2,3)4/h7,10,12,15H,6,8-9,11H2,1-5H3. The molecule has 0 N–H and O–H groups in total. The van der Waals surface area contributed by atoms with Gasteiger partial charge in [0.2, 0.25) is 0 Å². The SMILES string of the molecule is CC1CCCC2(C)C=CC[PH]12C(C)(C)C. The van der Waals surface area contributed by atoms with E-state index in [4.69, 9.17) is 0 Å². The molecule has 2 atom stereocenters. The van der Waals surface area contributed by atoms with Crippen LogP contribution in [0.15, 0.2) is 12.2 Å². The zero-order valence-corrected chi connectivity index (χ0v) is 12.1. The molecule has 0 aromatic rings. The van der Waals surface area contributed by atoms with Crippen LogP contribution in [0.4, 0.5) is 0 Å². The molecule has 0 spiro atoms. The molecule has 0 aromatic carbocycles. The Morgan fingerprint density at radius 1 is 1.33 bits per heavy atom. The van der Waals surface area contributed by atoms with E-state index >= 15 is 0 Å². The van der Waals surface area contributed by atoms with Gasteiger partial charge in [-0.25, -0.2) is 0 Å². The van der Waals surface area contributed by atoms with Crippen LogP contribution in [0.2, 0.25) is 0 Å². The van der Waals surface area contributed by atoms with Crippen molar-refractivity contribution in [3.05, 3.63) is 12.2 Å². The number of fused-ring (bicyclic) bond motifs is 1. The van der Waals surface area contributed by atoms with Crippen molar-refractivity contribution in [3.8, 4) is 0 Å². The van der Waals surface area contributed by atoms with Crippen molar-refractivity contribution < 1.29 is 0 Å². The van der Waals surface area contributed by atoms with Crippen LogP contribution in [0.5, 0.6) is 0 Å². The molecule has 0 bridgehead atoms. The van der Waals surface area contributed by atoms with Gasteiger partial charge < -0.3 is 0 Å². The molecule has 15 heavy (non-hydrogen) atoms. The van der Waals surface area contributed by atoms with Gasteiger partial charge in [0.15, 0.2) is 0 Å². The predicted molar refractivity (Wildman–Crippen MR) is 73.8 cm³/mol. The van der Waals surface area contributed by atoms with E-state index in [1.807, 2.05) is 0 Å². The summed E-state index contributed by atoms with van der Waals surface area (Å²) >= 11 is 0. The summed E-state index contributed by atoms with van der Waals surface area (Å²) in [4.78, 5) is 0. The molecule has 0 saturated carbocycles. The van der Waals surface area contributed by atoms with E-state index in [9.17, 15) is 0 Å². The van der Waals surface area contributed by atoms with Crippen molar-refractivity contribution in [1.82, 2.24) is 0 Å². The summed E-state index contributed by atoms with van der Waals surface area (Å²) in [6.45, 7) is 12.6.